The molecule has 1 heterocycles. The Balaban J connectivity index is 1.88. The van der Waals surface area contributed by atoms with Gasteiger partial charge in [-0.15, -0.1) is 0 Å². The summed E-state index contributed by atoms with van der Waals surface area (Å²) in [6.07, 6.45) is -4.05. The standard InChI is InChI=1S/C20H20F3N5O2/c1-4-17(14-8-6-9-15(11-14)20(21,22)23)24-30-12-16-13(2)7-5-10-18(16)28-19(29)27(3)25-26-28/h5-11H,4,12H2,1-3H3/b24-17-. The van der Waals surface area contributed by atoms with Gasteiger partial charge < -0.3 is 4.84 Å². The number of halogens is 3. The molecule has 1 aromatic heterocycles. The highest BCUT2D eigenvalue weighted by atomic mass is 19.4. The first-order chi connectivity index (χ1) is 14.2. The molecule has 7 nitrogen and oxygen atoms in total. The number of tetrazole rings is 1. The third-order valence-corrected chi connectivity index (χ3v) is 4.58. The van der Waals surface area contributed by atoms with Gasteiger partial charge in [-0.2, -0.15) is 22.5 Å². The normalized spacial score (nSPS) is 12.3. The molecule has 10 heteroatoms. The van der Waals surface area contributed by atoms with E-state index in [4.69, 9.17) is 4.84 Å². The molecule has 0 saturated carbocycles. The lowest BCUT2D eigenvalue weighted by Crippen LogP contribution is -2.23. The largest absolute Gasteiger partial charge is 0.416 e. The molecule has 30 heavy (non-hydrogen) atoms. The Morgan fingerprint density at radius 3 is 2.53 bits per heavy atom. The third-order valence-electron chi connectivity index (χ3n) is 4.58. The summed E-state index contributed by atoms with van der Waals surface area (Å²) in [5, 5.41) is 11.6. The van der Waals surface area contributed by atoms with Crippen molar-refractivity contribution in [3.63, 3.8) is 0 Å². The van der Waals surface area contributed by atoms with Crippen molar-refractivity contribution in [2.75, 3.05) is 0 Å². The molecule has 0 atom stereocenters. The fourth-order valence-corrected chi connectivity index (χ4v) is 2.91. The van der Waals surface area contributed by atoms with Gasteiger partial charge in [0.2, 0.25) is 0 Å². The number of hydrogen-bond acceptors (Lipinski definition) is 5. The Hall–Kier alpha value is -3.43. The van der Waals surface area contributed by atoms with E-state index in [0.29, 0.717) is 28.9 Å². The van der Waals surface area contributed by atoms with Gasteiger partial charge in [0.15, 0.2) is 0 Å². The van der Waals surface area contributed by atoms with Gasteiger partial charge in [0.25, 0.3) is 0 Å². The number of alkyl halides is 3. The van der Waals surface area contributed by atoms with Crippen molar-refractivity contribution < 1.29 is 18.0 Å². The minimum absolute atomic E-state index is 0.00742. The predicted molar refractivity (Wildman–Crippen MR) is 104 cm³/mol. The van der Waals surface area contributed by atoms with Crippen molar-refractivity contribution in [3.8, 4) is 5.69 Å². The molecule has 0 radical (unpaired) electrons. The van der Waals surface area contributed by atoms with E-state index in [1.165, 1.54) is 13.1 Å². The third kappa shape index (κ3) is 4.42. The summed E-state index contributed by atoms with van der Waals surface area (Å²) in [4.78, 5) is 17.7. The maximum Gasteiger partial charge on any atom is 0.416 e. The van der Waals surface area contributed by atoms with E-state index in [9.17, 15) is 18.0 Å². The number of oxime groups is 1. The molecule has 3 aromatic rings. The summed E-state index contributed by atoms with van der Waals surface area (Å²) in [5.41, 5.74) is 1.57. The highest BCUT2D eigenvalue weighted by Crippen LogP contribution is 2.30. The second kappa shape index (κ2) is 8.52. The number of aryl methyl sites for hydroxylation is 2. The van der Waals surface area contributed by atoms with Crippen LogP contribution in [-0.4, -0.2) is 25.5 Å². The van der Waals surface area contributed by atoms with Crippen molar-refractivity contribution >= 4 is 5.71 Å². The van der Waals surface area contributed by atoms with Crippen molar-refractivity contribution in [2.45, 2.75) is 33.1 Å². The smallest absolute Gasteiger partial charge is 0.391 e. The van der Waals surface area contributed by atoms with Gasteiger partial charge in [-0.05, 0) is 53.1 Å². The molecule has 2 aromatic carbocycles. The molecular formula is C20H20F3N5O2. The van der Waals surface area contributed by atoms with Crippen molar-refractivity contribution in [2.24, 2.45) is 12.2 Å². The Labute approximate surface area is 170 Å². The number of benzene rings is 2. The van der Waals surface area contributed by atoms with Crippen LogP contribution < -0.4 is 5.69 Å². The Kier molecular flexibility index (Phi) is 6.04. The molecule has 0 unspecified atom stereocenters. The topological polar surface area (TPSA) is 74.3 Å². The molecule has 0 aliphatic carbocycles. The summed E-state index contributed by atoms with van der Waals surface area (Å²) in [5.74, 6) is 0. The van der Waals surface area contributed by atoms with E-state index in [-0.39, 0.29) is 6.61 Å². The monoisotopic (exact) mass is 419 g/mol. The van der Waals surface area contributed by atoms with Gasteiger partial charge >= 0.3 is 11.9 Å². The SMILES string of the molecule is CC/C(=N/OCc1c(C)cccc1-n1nnn(C)c1=O)c1cccc(C(F)(F)F)c1. The van der Waals surface area contributed by atoms with Crippen molar-refractivity contribution in [3.05, 3.63) is 75.2 Å². The zero-order chi connectivity index (χ0) is 21.9. The van der Waals surface area contributed by atoms with Crippen LogP contribution in [0.1, 0.15) is 35.6 Å². The molecule has 0 spiro atoms. The molecule has 0 saturated heterocycles. The van der Waals surface area contributed by atoms with Crippen molar-refractivity contribution in [1.29, 1.82) is 0 Å². The Morgan fingerprint density at radius 2 is 1.90 bits per heavy atom. The van der Waals surface area contributed by atoms with Gasteiger partial charge in [-0.25, -0.2) is 4.79 Å². The van der Waals surface area contributed by atoms with E-state index < -0.39 is 17.4 Å². The molecule has 3 rings (SSSR count). The van der Waals surface area contributed by atoms with Crippen LogP contribution in [-0.2, 0) is 24.7 Å². The van der Waals surface area contributed by atoms with E-state index in [0.717, 1.165) is 27.1 Å². The number of hydrogen-bond donors (Lipinski definition) is 0. The van der Waals surface area contributed by atoms with E-state index in [1.54, 1.807) is 25.1 Å². The van der Waals surface area contributed by atoms with E-state index in [1.807, 2.05) is 13.0 Å². The lowest BCUT2D eigenvalue weighted by Gasteiger charge is -2.12. The first-order valence-corrected chi connectivity index (χ1v) is 9.16. The summed E-state index contributed by atoms with van der Waals surface area (Å²) in [6.45, 7) is 3.63. The van der Waals surface area contributed by atoms with Crippen LogP contribution in [0.2, 0.25) is 0 Å². The van der Waals surface area contributed by atoms with Crippen LogP contribution in [0.4, 0.5) is 13.2 Å². The fraction of sp³-hybridized carbons (Fsp3) is 0.300. The summed E-state index contributed by atoms with van der Waals surface area (Å²) in [6, 6.07) is 10.3. The van der Waals surface area contributed by atoms with Gasteiger partial charge in [0, 0.05) is 12.6 Å². The summed E-state index contributed by atoms with van der Waals surface area (Å²) in [7, 11) is 1.49. The molecule has 158 valence electrons. The van der Waals surface area contributed by atoms with Crippen LogP contribution in [0, 0.1) is 6.92 Å². The van der Waals surface area contributed by atoms with Crippen LogP contribution in [0.15, 0.2) is 52.4 Å². The van der Waals surface area contributed by atoms with Gasteiger partial charge in [0.05, 0.1) is 17.0 Å². The molecule has 0 aliphatic rings. The molecule has 0 fully saturated rings. The zero-order valence-electron chi connectivity index (χ0n) is 16.6. The fourth-order valence-electron chi connectivity index (χ4n) is 2.91. The van der Waals surface area contributed by atoms with Crippen LogP contribution in [0.5, 0.6) is 0 Å². The maximum atomic E-state index is 13.0. The average Bonchev–Trinajstić information content (AvgIpc) is 3.04. The van der Waals surface area contributed by atoms with Crippen LogP contribution in [0.25, 0.3) is 5.69 Å². The molecule has 0 amide bonds. The highest BCUT2D eigenvalue weighted by molar-refractivity contribution is 6.00. The first kappa shape index (κ1) is 21.3. The Morgan fingerprint density at radius 1 is 1.17 bits per heavy atom. The summed E-state index contributed by atoms with van der Waals surface area (Å²) >= 11 is 0. The van der Waals surface area contributed by atoms with Crippen molar-refractivity contribution in [1.82, 2.24) is 19.8 Å². The maximum absolute atomic E-state index is 13.0. The van der Waals surface area contributed by atoms with Gasteiger partial charge in [0.1, 0.15) is 6.61 Å². The second-order valence-electron chi connectivity index (χ2n) is 6.61. The minimum atomic E-state index is -4.43. The van der Waals surface area contributed by atoms with Crippen LogP contribution >= 0.6 is 0 Å². The Bertz CT molecular complexity index is 1130. The van der Waals surface area contributed by atoms with Gasteiger partial charge in [-0.3, -0.25) is 0 Å². The molecular weight excluding hydrogens is 399 g/mol. The average molecular weight is 419 g/mol. The number of nitrogens with zero attached hydrogens (tertiary/aromatic N) is 5. The van der Waals surface area contributed by atoms with Crippen LogP contribution in [0.3, 0.4) is 0 Å². The summed E-state index contributed by atoms with van der Waals surface area (Å²) < 4.78 is 41.2. The van der Waals surface area contributed by atoms with E-state index in [2.05, 4.69) is 15.6 Å². The quantitative estimate of drug-likeness (QED) is 0.452. The van der Waals surface area contributed by atoms with E-state index >= 15 is 0 Å². The number of rotatable bonds is 6. The minimum Gasteiger partial charge on any atom is -0.391 e. The second-order valence-corrected chi connectivity index (χ2v) is 6.61. The number of aromatic nitrogens is 4. The highest BCUT2D eigenvalue weighted by Gasteiger charge is 2.30. The molecule has 0 N–H and O–H groups in total. The zero-order valence-corrected chi connectivity index (χ0v) is 16.6. The van der Waals surface area contributed by atoms with Gasteiger partial charge in [-0.1, -0.05) is 36.3 Å². The predicted octanol–water partition coefficient (Wildman–Crippen LogP) is 3.62. The lowest BCUT2D eigenvalue weighted by molar-refractivity contribution is -0.137. The molecule has 0 aliphatic heterocycles. The first-order valence-electron chi connectivity index (χ1n) is 9.16. The lowest BCUT2D eigenvalue weighted by atomic mass is 10.0. The molecule has 0 bridgehead atoms.